The van der Waals surface area contributed by atoms with E-state index in [0.717, 1.165) is 38.2 Å². The highest BCUT2D eigenvalue weighted by molar-refractivity contribution is 7.25. The van der Waals surface area contributed by atoms with Crippen LogP contribution < -0.4 is 0 Å². The van der Waals surface area contributed by atoms with Crippen molar-refractivity contribution in [3.63, 3.8) is 0 Å². The maximum absolute atomic E-state index is 8.85. The molecule has 0 aliphatic rings. The lowest BCUT2D eigenvalue weighted by molar-refractivity contribution is 1.58. The zero-order chi connectivity index (χ0) is 38.4. The number of hydrogen-bond donors (Lipinski definition) is 0. The van der Waals surface area contributed by atoms with Gasteiger partial charge in [0, 0.05) is 20.2 Å². The summed E-state index contributed by atoms with van der Waals surface area (Å²) in [7, 11) is 0. The first-order valence-electron chi connectivity index (χ1n) is 19.6. The highest BCUT2D eigenvalue weighted by Gasteiger charge is 2.18. The summed E-state index contributed by atoms with van der Waals surface area (Å²) in [5.74, 6) is 0. The molecule has 0 nitrogen and oxygen atoms in total. The van der Waals surface area contributed by atoms with Gasteiger partial charge < -0.3 is 0 Å². The van der Waals surface area contributed by atoms with Crippen molar-refractivity contribution in [3.8, 4) is 44.5 Å². The Hall–Kier alpha value is -5.50. The molecule has 0 amide bonds. The summed E-state index contributed by atoms with van der Waals surface area (Å²) in [4.78, 5) is 0. The third-order valence-corrected chi connectivity index (χ3v) is 9.53. The molecule has 0 aliphatic carbocycles. The molecule has 0 aliphatic heterocycles. The standard InChI is InChI=1S/C44H28S/c1-3-13-29(14-4-1)32-25-33(30-15-5-2-6-16-30)27-34(26-32)44-39-20-9-7-18-37(39)43(38-19-8-10-21-40(38)44)31-23-24-36-35-17-11-12-22-41(35)45-42(36)28-31/h1-28H/i1D,2D,3D,4D,5D,6D,13D,14D,15D,16D. The third kappa shape index (κ3) is 4.36. The largest absolute Gasteiger partial charge is 0.135 e. The van der Waals surface area contributed by atoms with Gasteiger partial charge in [-0.25, -0.2) is 0 Å². The van der Waals surface area contributed by atoms with Crippen LogP contribution in [0.25, 0.3) is 86.2 Å². The number of rotatable bonds is 4. The number of benzene rings is 8. The van der Waals surface area contributed by atoms with Crippen LogP contribution in [0.15, 0.2) is 170 Å². The van der Waals surface area contributed by atoms with Crippen LogP contribution in [0, 0.1) is 0 Å². The van der Waals surface area contributed by atoms with Gasteiger partial charge >= 0.3 is 0 Å². The number of hydrogen-bond acceptors (Lipinski definition) is 1. The maximum atomic E-state index is 8.85. The van der Waals surface area contributed by atoms with Gasteiger partial charge in [-0.05, 0) is 96.4 Å². The summed E-state index contributed by atoms with van der Waals surface area (Å²) in [6, 6.07) is 31.5. The molecule has 0 saturated heterocycles. The lowest BCUT2D eigenvalue weighted by atomic mass is 9.84. The molecule has 0 unspecified atom stereocenters. The van der Waals surface area contributed by atoms with E-state index in [9.17, 15) is 0 Å². The van der Waals surface area contributed by atoms with Gasteiger partial charge in [0.15, 0.2) is 0 Å². The monoisotopic (exact) mass is 598 g/mol. The third-order valence-electron chi connectivity index (χ3n) is 8.40. The van der Waals surface area contributed by atoms with Crippen LogP contribution in [-0.2, 0) is 0 Å². The van der Waals surface area contributed by atoms with E-state index in [-0.39, 0.29) is 22.3 Å². The fourth-order valence-corrected chi connectivity index (χ4v) is 7.63. The average Bonchev–Trinajstić information content (AvgIpc) is 3.57. The van der Waals surface area contributed by atoms with Crippen molar-refractivity contribution >= 4 is 53.1 Å². The first-order valence-corrected chi connectivity index (χ1v) is 15.4. The van der Waals surface area contributed by atoms with Crippen LogP contribution in [0.5, 0.6) is 0 Å². The van der Waals surface area contributed by atoms with Gasteiger partial charge in [0.2, 0.25) is 0 Å². The number of thiophene rings is 1. The molecule has 1 heterocycles. The summed E-state index contributed by atoms with van der Waals surface area (Å²) in [6.45, 7) is 0. The highest BCUT2D eigenvalue weighted by atomic mass is 32.1. The number of fused-ring (bicyclic) bond motifs is 5. The van der Waals surface area contributed by atoms with E-state index in [4.69, 9.17) is 13.7 Å². The molecule has 0 spiro atoms. The molecular weight excluding hydrogens is 561 g/mol. The molecule has 0 bridgehead atoms. The quantitative estimate of drug-likeness (QED) is 0.177. The molecule has 0 saturated carbocycles. The van der Waals surface area contributed by atoms with Crippen LogP contribution in [0.4, 0.5) is 0 Å². The molecule has 1 aromatic heterocycles. The summed E-state index contributed by atoms with van der Waals surface area (Å²) in [6.07, 6.45) is 0. The molecule has 0 fully saturated rings. The van der Waals surface area contributed by atoms with Crippen molar-refractivity contribution in [1.29, 1.82) is 0 Å². The molecule has 0 N–H and O–H groups in total. The maximum Gasteiger partial charge on any atom is 0.0629 e. The van der Waals surface area contributed by atoms with Gasteiger partial charge in [-0.1, -0.05) is 139 Å². The zero-order valence-electron chi connectivity index (χ0n) is 33.8. The Morgan fingerprint density at radius 1 is 0.333 bits per heavy atom. The van der Waals surface area contributed by atoms with Crippen molar-refractivity contribution in [2.75, 3.05) is 0 Å². The first-order chi connectivity index (χ1) is 26.5. The molecule has 210 valence electrons. The van der Waals surface area contributed by atoms with Gasteiger partial charge in [-0.2, -0.15) is 0 Å². The topological polar surface area (TPSA) is 0 Å². The van der Waals surface area contributed by atoms with Crippen LogP contribution in [-0.4, -0.2) is 0 Å². The average molecular weight is 599 g/mol. The molecule has 0 atom stereocenters. The fourth-order valence-electron chi connectivity index (χ4n) is 6.48. The van der Waals surface area contributed by atoms with Crippen molar-refractivity contribution in [1.82, 2.24) is 0 Å². The molecule has 9 rings (SSSR count). The van der Waals surface area contributed by atoms with E-state index in [2.05, 4.69) is 48.5 Å². The fraction of sp³-hybridized carbons (Fsp3) is 0. The van der Waals surface area contributed by atoms with Crippen molar-refractivity contribution < 1.29 is 13.7 Å². The predicted octanol–water partition coefficient (Wildman–Crippen LogP) is 13.0. The Kier molecular flexibility index (Phi) is 4.17. The van der Waals surface area contributed by atoms with Crippen molar-refractivity contribution in [2.45, 2.75) is 0 Å². The van der Waals surface area contributed by atoms with Gasteiger partial charge in [-0.3, -0.25) is 0 Å². The van der Waals surface area contributed by atoms with Crippen molar-refractivity contribution in [2.24, 2.45) is 0 Å². The minimum Gasteiger partial charge on any atom is -0.135 e. The summed E-state index contributed by atoms with van der Waals surface area (Å²) >= 11 is 1.75. The summed E-state index contributed by atoms with van der Waals surface area (Å²) in [5.41, 5.74) is 3.87. The predicted molar refractivity (Wildman–Crippen MR) is 196 cm³/mol. The second-order valence-corrected chi connectivity index (χ2v) is 12.0. The van der Waals surface area contributed by atoms with E-state index in [1.165, 1.54) is 20.2 Å². The van der Waals surface area contributed by atoms with Gasteiger partial charge in [-0.15, -0.1) is 11.3 Å². The second kappa shape index (κ2) is 10.6. The minimum atomic E-state index is -0.526. The van der Waals surface area contributed by atoms with Crippen molar-refractivity contribution in [3.05, 3.63) is 170 Å². The van der Waals surface area contributed by atoms with E-state index < -0.39 is 60.4 Å². The molecule has 8 aromatic carbocycles. The second-order valence-electron chi connectivity index (χ2n) is 10.9. The smallest absolute Gasteiger partial charge is 0.0629 e. The van der Waals surface area contributed by atoms with E-state index >= 15 is 0 Å². The van der Waals surface area contributed by atoms with Crippen LogP contribution in [0.2, 0.25) is 0 Å². The summed E-state index contributed by atoms with van der Waals surface area (Å²) in [5, 5.41) is 6.12. The highest BCUT2D eigenvalue weighted by Crippen LogP contribution is 2.46. The molecular formula is C44H28S. The zero-order valence-corrected chi connectivity index (χ0v) is 24.6. The first kappa shape index (κ1) is 17.7. The minimum absolute atomic E-state index is 0.0525. The lowest BCUT2D eigenvalue weighted by Crippen LogP contribution is -1.92. The SMILES string of the molecule is [2H]c1c([2H])c([2H])c(-c2cc(-c3c([2H])c([2H])c([2H])c([2H])c3[2H])cc(-c3c4ccccc4c(-c4ccc5c(c4)sc4ccccc45)c4ccccc34)c2)c([2H])c1[2H]. The molecule has 1 heteroatoms. The normalized spacial score (nSPS) is 14.7. The Morgan fingerprint density at radius 3 is 1.33 bits per heavy atom. The van der Waals surface area contributed by atoms with Gasteiger partial charge in [0.25, 0.3) is 0 Å². The van der Waals surface area contributed by atoms with Gasteiger partial charge in [0.05, 0.1) is 13.7 Å². The van der Waals surface area contributed by atoms with E-state index in [1.54, 1.807) is 29.5 Å². The van der Waals surface area contributed by atoms with E-state index in [0.29, 0.717) is 5.56 Å². The Balaban J connectivity index is 1.40. The molecule has 9 aromatic rings. The Morgan fingerprint density at radius 2 is 0.778 bits per heavy atom. The Bertz CT molecular complexity index is 2910. The lowest BCUT2D eigenvalue weighted by Gasteiger charge is -2.19. The Labute approximate surface area is 280 Å². The summed E-state index contributed by atoms with van der Waals surface area (Å²) < 4.78 is 88.0. The van der Waals surface area contributed by atoms with Crippen LogP contribution in [0.3, 0.4) is 0 Å². The molecule has 0 radical (unpaired) electrons. The van der Waals surface area contributed by atoms with E-state index in [1.807, 2.05) is 42.5 Å². The van der Waals surface area contributed by atoms with Crippen LogP contribution >= 0.6 is 11.3 Å². The van der Waals surface area contributed by atoms with Crippen LogP contribution in [0.1, 0.15) is 13.7 Å². The van der Waals surface area contributed by atoms with Gasteiger partial charge in [0.1, 0.15) is 0 Å². The molecule has 45 heavy (non-hydrogen) atoms.